The van der Waals surface area contributed by atoms with Crippen LogP contribution in [0.5, 0.6) is 23.1 Å². The Bertz CT molecular complexity index is 1190. The van der Waals surface area contributed by atoms with E-state index in [2.05, 4.69) is 4.90 Å². The Kier molecular flexibility index (Phi) is 6.20. The van der Waals surface area contributed by atoms with Crippen molar-refractivity contribution < 1.29 is 19.0 Å². The first-order valence-electron chi connectivity index (χ1n) is 11.5. The molecule has 1 saturated heterocycles. The van der Waals surface area contributed by atoms with E-state index in [1.165, 1.54) is 0 Å². The molecule has 1 fully saturated rings. The summed E-state index contributed by atoms with van der Waals surface area (Å²) in [7, 11) is 3.21. The predicted octanol–water partition coefficient (Wildman–Crippen LogP) is 4.08. The molecule has 5 rings (SSSR count). The van der Waals surface area contributed by atoms with Crippen molar-refractivity contribution in [3.05, 3.63) is 65.4 Å². The lowest BCUT2D eigenvalue weighted by atomic mass is 10.0. The zero-order valence-corrected chi connectivity index (χ0v) is 19.5. The van der Waals surface area contributed by atoms with E-state index >= 15 is 0 Å². The van der Waals surface area contributed by atoms with Crippen molar-refractivity contribution in [2.24, 2.45) is 0 Å². The normalized spacial score (nSPS) is 15.1. The number of hydrogen-bond acceptors (Lipinski definition) is 7. The molecule has 0 bridgehead atoms. The summed E-state index contributed by atoms with van der Waals surface area (Å²) in [6.07, 6.45) is 2.90. The highest BCUT2D eigenvalue weighted by Crippen LogP contribution is 2.36. The van der Waals surface area contributed by atoms with Crippen LogP contribution in [0, 0.1) is 0 Å². The van der Waals surface area contributed by atoms with Crippen LogP contribution in [0.3, 0.4) is 0 Å². The molecule has 0 radical (unpaired) electrons. The Labute approximate surface area is 199 Å². The van der Waals surface area contributed by atoms with Gasteiger partial charge in [-0.05, 0) is 43.2 Å². The molecule has 3 aromatic rings. The zero-order chi connectivity index (χ0) is 23.5. The van der Waals surface area contributed by atoms with Gasteiger partial charge in [0, 0.05) is 31.6 Å². The number of ether oxygens (including phenoxy) is 3. The van der Waals surface area contributed by atoms with E-state index in [-0.39, 0.29) is 5.91 Å². The lowest BCUT2D eigenvalue weighted by Gasteiger charge is -2.30. The van der Waals surface area contributed by atoms with E-state index in [0.717, 1.165) is 37.2 Å². The first-order chi connectivity index (χ1) is 16.7. The maximum absolute atomic E-state index is 13.3. The summed E-state index contributed by atoms with van der Waals surface area (Å²) in [4.78, 5) is 27.0. The number of methoxy groups -OCH3 is 2. The number of carbonyl (C=O) groups is 1. The molecule has 0 aliphatic carbocycles. The molecule has 0 atom stereocenters. The average Bonchev–Trinajstić information content (AvgIpc) is 3.43. The number of hydrogen-bond donors (Lipinski definition) is 0. The van der Waals surface area contributed by atoms with Crippen LogP contribution in [0.2, 0.25) is 0 Å². The van der Waals surface area contributed by atoms with E-state index in [9.17, 15) is 4.79 Å². The van der Waals surface area contributed by atoms with E-state index < -0.39 is 0 Å². The number of fused-ring (bicyclic) bond motifs is 1. The Balaban J connectivity index is 1.49. The fourth-order valence-corrected chi connectivity index (χ4v) is 4.43. The Morgan fingerprint density at radius 2 is 1.71 bits per heavy atom. The topological polar surface area (TPSA) is 77.0 Å². The zero-order valence-electron chi connectivity index (χ0n) is 19.5. The van der Waals surface area contributed by atoms with Crippen LogP contribution in [-0.4, -0.2) is 54.6 Å². The van der Waals surface area contributed by atoms with Gasteiger partial charge in [-0.1, -0.05) is 18.2 Å². The van der Waals surface area contributed by atoms with Gasteiger partial charge in [-0.3, -0.25) is 4.79 Å². The molecule has 8 nitrogen and oxygen atoms in total. The number of rotatable bonds is 6. The molecule has 1 aromatic heterocycles. The number of aromatic nitrogens is 2. The van der Waals surface area contributed by atoms with Crippen molar-refractivity contribution in [2.75, 3.05) is 38.8 Å². The maximum Gasteiger partial charge on any atom is 0.254 e. The summed E-state index contributed by atoms with van der Waals surface area (Å²) in [6.45, 7) is 2.82. The smallest absolute Gasteiger partial charge is 0.254 e. The van der Waals surface area contributed by atoms with Crippen LogP contribution in [0.1, 0.15) is 34.5 Å². The molecule has 0 unspecified atom stereocenters. The van der Waals surface area contributed by atoms with E-state index in [4.69, 9.17) is 24.2 Å². The second-order valence-corrected chi connectivity index (χ2v) is 8.41. The Morgan fingerprint density at radius 1 is 0.912 bits per heavy atom. The van der Waals surface area contributed by atoms with Crippen LogP contribution >= 0.6 is 0 Å². The van der Waals surface area contributed by atoms with E-state index in [1.54, 1.807) is 26.4 Å². The van der Waals surface area contributed by atoms with Crippen molar-refractivity contribution in [1.29, 1.82) is 0 Å². The van der Waals surface area contributed by atoms with Gasteiger partial charge in [0.05, 0.1) is 32.0 Å². The second-order valence-electron chi connectivity index (χ2n) is 8.41. The largest absolute Gasteiger partial charge is 0.497 e. The van der Waals surface area contributed by atoms with Gasteiger partial charge in [0.2, 0.25) is 11.8 Å². The first kappa shape index (κ1) is 22.0. The van der Waals surface area contributed by atoms with Crippen LogP contribution in [0.4, 0.5) is 5.95 Å². The fraction of sp³-hybridized carbons (Fsp3) is 0.346. The minimum atomic E-state index is -0.0589. The molecule has 2 aliphatic rings. The third kappa shape index (κ3) is 4.35. The molecule has 176 valence electrons. The van der Waals surface area contributed by atoms with Crippen LogP contribution < -0.4 is 19.1 Å². The van der Waals surface area contributed by atoms with Crippen molar-refractivity contribution in [2.45, 2.75) is 25.8 Å². The van der Waals surface area contributed by atoms with Gasteiger partial charge in [-0.25, -0.2) is 4.98 Å². The molecule has 8 heteroatoms. The standard InChI is InChI=1S/C26H28N4O4/c1-32-19-9-7-8-18(16-19)25(31)30-15-12-21-20(17-30)24(28-26(27-21)29-13-5-6-14-29)34-23-11-4-3-10-22(23)33-2/h3-4,7-11,16H,5-6,12-15,17H2,1-2H3. The van der Waals surface area contributed by atoms with Gasteiger partial charge in [0.25, 0.3) is 5.91 Å². The fourth-order valence-electron chi connectivity index (χ4n) is 4.43. The van der Waals surface area contributed by atoms with Crippen molar-refractivity contribution in [3.63, 3.8) is 0 Å². The molecule has 3 heterocycles. The van der Waals surface area contributed by atoms with Crippen LogP contribution in [0.15, 0.2) is 48.5 Å². The summed E-state index contributed by atoms with van der Waals surface area (Å²) in [5.74, 6) is 2.96. The average molecular weight is 461 g/mol. The van der Waals surface area contributed by atoms with Crippen molar-refractivity contribution in [1.82, 2.24) is 14.9 Å². The number of benzene rings is 2. The highest BCUT2D eigenvalue weighted by atomic mass is 16.5. The van der Waals surface area contributed by atoms with Gasteiger partial charge in [-0.15, -0.1) is 0 Å². The summed E-state index contributed by atoms with van der Waals surface area (Å²) >= 11 is 0. The predicted molar refractivity (Wildman–Crippen MR) is 128 cm³/mol. The molecule has 2 aliphatic heterocycles. The molecular formula is C26H28N4O4. The summed E-state index contributed by atoms with van der Waals surface area (Å²) in [6, 6.07) is 14.7. The number of anilines is 1. The summed E-state index contributed by atoms with van der Waals surface area (Å²) < 4.78 is 17.1. The van der Waals surface area contributed by atoms with E-state index in [0.29, 0.717) is 54.2 Å². The number of carbonyl (C=O) groups excluding carboxylic acids is 1. The number of amides is 1. The monoisotopic (exact) mass is 460 g/mol. The highest BCUT2D eigenvalue weighted by molar-refractivity contribution is 5.94. The number of nitrogens with zero attached hydrogens (tertiary/aromatic N) is 4. The summed E-state index contributed by atoms with van der Waals surface area (Å²) in [5, 5.41) is 0. The molecule has 34 heavy (non-hydrogen) atoms. The number of para-hydroxylation sites is 2. The van der Waals surface area contributed by atoms with Gasteiger partial charge < -0.3 is 24.0 Å². The Morgan fingerprint density at radius 3 is 2.47 bits per heavy atom. The van der Waals surface area contributed by atoms with Gasteiger partial charge >= 0.3 is 0 Å². The van der Waals surface area contributed by atoms with Gasteiger partial charge in [0.15, 0.2) is 11.5 Å². The van der Waals surface area contributed by atoms with Crippen LogP contribution in [-0.2, 0) is 13.0 Å². The molecule has 0 N–H and O–H groups in total. The highest BCUT2D eigenvalue weighted by Gasteiger charge is 2.29. The maximum atomic E-state index is 13.3. The third-order valence-corrected chi connectivity index (χ3v) is 6.28. The summed E-state index contributed by atoms with van der Waals surface area (Å²) in [5.41, 5.74) is 2.34. The van der Waals surface area contributed by atoms with Crippen LogP contribution in [0.25, 0.3) is 0 Å². The molecular weight excluding hydrogens is 432 g/mol. The van der Waals surface area contributed by atoms with Gasteiger partial charge in [0.1, 0.15) is 5.75 Å². The first-order valence-corrected chi connectivity index (χ1v) is 11.5. The minimum Gasteiger partial charge on any atom is -0.497 e. The second kappa shape index (κ2) is 9.59. The van der Waals surface area contributed by atoms with Crippen molar-refractivity contribution >= 4 is 11.9 Å². The quantitative estimate of drug-likeness (QED) is 0.548. The third-order valence-electron chi connectivity index (χ3n) is 6.28. The lowest BCUT2D eigenvalue weighted by Crippen LogP contribution is -2.37. The lowest BCUT2D eigenvalue weighted by molar-refractivity contribution is 0.0731. The SMILES string of the molecule is COc1cccc(C(=O)N2CCc3nc(N4CCCC4)nc(Oc4ccccc4OC)c3C2)c1. The molecule has 0 saturated carbocycles. The molecule has 2 aromatic carbocycles. The molecule has 1 amide bonds. The minimum absolute atomic E-state index is 0.0589. The van der Waals surface area contributed by atoms with Gasteiger partial charge in [-0.2, -0.15) is 4.98 Å². The molecule has 0 spiro atoms. The Hall–Kier alpha value is -3.81. The van der Waals surface area contributed by atoms with E-state index in [1.807, 2.05) is 41.3 Å². The van der Waals surface area contributed by atoms with Crippen molar-refractivity contribution in [3.8, 4) is 23.1 Å².